The molecular formula is C18H27N3O4S2. The van der Waals surface area contributed by atoms with Crippen LogP contribution in [-0.2, 0) is 19.6 Å². The average Bonchev–Trinajstić information content (AvgIpc) is 3.33. The number of nitrogens with zero attached hydrogens (tertiary/aromatic N) is 2. The van der Waals surface area contributed by atoms with Gasteiger partial charge in [0.2, 0.25) is 11.8 Å². The van der Waals surface area contributed by atoms with Crippen molar-refractivity contribution in [2.75, 3.05) is 19.6 Å². The van der Waals surface area contributed by atoms with Crippen LogP contribution in [0, 0.1) is 5.92 Å². The van der Waals surface area contributed by atoms with E-state index in [-0.39, 0.29) is 28.0 Å². The molecule has 2 amide bonds. The minimum atomic E-state index is -3.64. The summed E-state index contributed by atoms with van der Waals surface area (Å²) in [4.78, 5) is 26.8. The molecule has 3 heterocycles. The fourth-order valence-corrected chi connectivity index (χ4v) is 6.44. The Kier molecular flexibility index (Phi) is 6.22. The zero-order valence-electron chi connectivity index (χ0n) is 15.8. The van der Waals surface area contributed by atoms with Crippen molar-refractivity contribution in [2.24, 2.45) is 5.92 Å². The highest BCUT2D eigenvalue weighted by molar-refractivity contribution is 7.91. The first-order chi connectivity index (χ1) is 12.8. The lowest BCUT2D eigenvalue weighted by molar-refractivity contribution is -0.137. The Bertz CT molecular complexity index is 777. The summed E-state index contributed by atoms with van der Waals surface area (Å²) in [6.45, 7) is 5.11. The zero-order chi connectivity index (χ0) is 19.6. The number of likely N-dealkylation sites (tertiary alicyclic amines) is 1. The third-order valence-corrected chi connectivity index (χ3v) is 8.43. The maximum atomic E-state index is 13.1. The number of thiophene rings is 1. The number of sulfonamides is 1. The van der Waals surface area contributed by atoms with Gasteiger partial charge in [0.05, 0.1) is 0 Å². The lowest BCUT2D eigenvalue weighted by Crippen LogP contribution is -2.54. The highest BCUT2D eigenvalue weighted by atomic mass is 32.2. The van der Waals surface area contributed by atoms with Crippen molar-refractivity contribution in [1.29, 1.82) is 0 Å². The van der Waals surface area contributed by atoms with E-state index in [1.165, 1.54) is 15.6 Å². The van der Waals surface area contributed by atoms with Gasteiger partial charge in [-0.25, -0.2) is 8.42 Å². The average molecular weight is 414 g/mol. The van der Waals surface area contributed by atoms with Crippen molar-refractivity contribution < 1.29 is 18.0 Å². The maximum absolute atomic E-state index is 13.1. The van der Waals surface area contributed by atoms with Gasteiger partial charge in [0.25, 0.3) is 10.0 Å². The quantitative estimate of drug-likeness (QED) is 0.795. The summed E-state index contributed by atoms with van der Waals surface area (Å²) in [6.07, 6.45) is 2.87. The van der Waals surface area contributed by atoms with Crippen LogP contribution in [0.25, 0.3) is 0 Å². The molecule has 1 aromatic rings. The van der Waals surface area contributed by atoms with E-state index in [1.807, 2.05) is 13.8 Å². The summed E-state index contributed by atoms with van der Waals surface area (Å²) in [6, 6.07) is 2.58. The molecule has 0 aliphatic carbocycles. The molecule has 1 N–H and O–H groups in total. The van der Waals surface area contributed by atoms with Crippen LogP contribution < -0.4 is 5.32 Å². The standard InChI is InChI=1S/C18H27N3O4S2/c1-13(2)17(22)19-14-6-3-9-20(12-14)18(23)15-7-4-10-21(15)27(24,25)16-8-5-11-26-16/h5,8,11,13-15H,3-4,6-7,9-10,12H2,1-2H3,(H,19,22). The normalized spacial score (nSPS) is 24.3. The molecule has 2 aliphatic rings. The van der Waals surface area contributed by atoms with E-state index in [0.717, 1.165) is 12.8 Å². The van der Waals surface area contributed by atoms with E-state index in [4.69, 9.17) is 0 Å². The van der Waals surface area contributed by atoms with E-state index in [9.17, 15) is 18.0 Å². The van der Waals surface area contributed by atoms with Crippen LogP contribution in [0.1, 0.15) is 39.5 Å². The molecule has 2 fully saturated rings. The van der Waals surface area contributed by atoms with Gasteiger partial charge in [0.1, 0.15) is 10.3 Å². The Labute approximate surface area is 164 Å². The molecule has 1 aromatic heterocycles. The second kappa shape index (κ2) is 8.28. The van der Waals surface area contributed by atoms with Crippen LogP contribution in [0.3, 0.4) is 0 Å². The summed E-state index contributed by atoms with van der Waals surface area (Å²) in [5, 5.41) is 4.72. The minimum absolute atomic E-state index is 0.0166. The monoisotopic (exact) mass is 413 g/mol. The Hall–Kier alpha value is -1.45. The lowest BCUT2D eigenvalue weighted by atomic mass is 10.0. The van der Waals surface area contributed by atoms with Crippen molar-refractivity contribution in [2.45, 2.75) is 55.8 Å². The first-order valence-corrected chi connectivity index (χ1v) is 11.8. The first-order valence-electron chi connectivity index (χ1n) is 9.45. The van der Waals surface area contributed by atoms with Crippen molar-refractivity contribution in [3.8, 4) is 0 Å². The highest BCUT2D eigenvalue weighted by Gasteiger charge is 2.42. The molecule has 0 radical (unpaired) electrons. The number of carbonyl (C=O) groups excluding carboxylic acids is 2. The fraction of sp³-hybridized carbons (Fsp3) is 0.667. The van der Waals surface area contributed by atoms with E-state index in [2.05, 4.69) is 5.32 Å². The molecule has 27 heavy (non-hydrogen) atoms. The number of nitrogens with one attached hydrogen (secondary N) is 1. The summed E-state index contributed by atoms with van der Waals surface area (Å²) in [7, 11) is -3.64. The second-order valence-electron chi connectivity index (χ2n) is 7.49. The third-order valence-electron chi connectivity index (χ3n) is 5.15. The van der Waals surface area contributed by atoms with E-state index < -0.39 is 16.1 Å². The fourth-order valence-electron chi connectivity index (χ4n) is 3.67. The van der Waals surface area contributed by atoms with E-state index in [0.29, 0.717) is 32.5 Å². The van der Waals surface area contributed by atoms with Gasteiger partial charge in [0, 0.05) is 31.6 Å². The van der Waals surface area contributed by atoms with Crippen LogP contribution in [0.15, 0.2) is 21.7 Å². The van der Waals surface area contributed by atoms with Crippen molar-refractivity contribution >= 4 is 33.2 Å². The Morgan fingerprint density at radius 1 is 1.22 bits per heavy atom. The minimum Gasteiger partial charge on any atom is -0.351 e. The molecule has 2 unspecified atom stereocenters. The number of carbonyl (C=O) groups is 2. The van der Waals surface area contributed by atoms with Crippen molar-refractivity contribution in [1.82, 2.24) is 14.5 Å². The summed E-state index contributed by atoms with van der Waals surface area (Å²) < 4.78 is 27.4. The van der Waals surface area contributed by atoms with Gasteiger partial charge in [-0.3, -0.25) is 9.59 Å². The van der Waals surface area contributed by atoms with Crippen LogP contribution in [-0.4, -0.2) is 61.2 Å². The van der Waals surface area contributed by atoms with Gasteiger partial charge in [0.15, 0.2) is 0 Å². The van der Waals surface area contributed by atoms with Crippen LogP contribution in [0.4, 0.5) is 0 Å². The molecule has 2 aliphatic heterocycles. The zero-order valence-corrected chi connectivity index (χ0v) is 17.4. The molecule has 9 heteroatoms. The van der Waals surface area contributed by atoms with Gasteiger partial charge in [-0.15, -0.1) is 11.3 Å². The van der Waals surface area contributed by atoms with Crippen LogP contribution >= 0.6 is 11.3 Å². The smallest absolute Gasteiger partial charge is 0.253 e. The molecule has 7 nitrogen and oxygen atoms in total. The molecule has 2 saturated heterocycles. The first kappa shape index (κ1) is 20.3. The topological polar surface area (TPSA) is 86.8 Å². The molecule has 0 saturated carbocycles. The largest absolute Gasteiger partial charge is 0.351 e. The van der Waals surface area contributed by atoms with Gasteiger partial charge < -0.3 is 10.2 Å². The number of hydrogen-bond acceptors (Lipinski definition) is 5. The van der Waals surface area contributed by atoms with Gasteiger partial charge in [-0.05, 0) is 37.1 Å². The Balaban J connectivity index is 1.70. The Morgan fingerprint density at radius 3 is 2.63 bits per heavy atom. The van der Waals surface area contributed by atoms with Gasteiger partial charge in [-0.2, -0.15) is 4.31 Å². The molecule has 0 spiro atoms. The van der Waals surface area contributed by atoms with E-state index >= 15 is 0 Å². The predicted molar refractivity (Wildman–Crippen MR) is 104 cm³/mol. The summed E-state index contributed by atoms with van der Waals surface area (Å²) in [5.41, 5.74) is 0. The molecular weight excluding hydrogens is 386 g/mol. The number of piperidine rings is 1. The third kappa shape index (κ3) is 4.35. The van der Waals surface area contributed by atoms with Crippen LogP contribution in [0.5, 0.6) is 0 Å². The van der Waals surface area contributed by atoms with Gasteiger partial charge >= 0.3 is 0 Å². The number of amides is 2. The maximum Gasteiger partial charge on any atom is 0.253 e. The van der Waals surface area contributed by atoms with Crippen LogP contribution in [0.2, 0.25) is 0 Å². The van der Waals surface area contributed by atoms with Gasteiger partial charge in [-0.1, -0.05) is 19.9 Å². The lowest BCUT2D eigenvalue weighted by Gasteiger charge is -2.36. The van der Waals surface area contributed by atoms with E-state index in [1.54, 1.807) is 22.4 Å². The number of hydrogen-bond donors (Lipinski definition) is 1. The molecule has 3 rings (SSSR count). The molecule has 0 aromatic carbocycles. The Morgan fingerprint density at radius 2 is 1.96 bits per heavy atom. The summed E-state index contributed by atoms with van der Waals surface area (Å²) >= 11 is 1.17. The molecule has 150 valence electrons. The van der Waals surface area contributed by atoms with Crippen molar-refractivity contribution in [3.05, 3.63) is 17.5 Å². The molecule has 0 bridgehead atoms. The summed E-state index contributed by atoms with van der Waals surface area (Å²) in [5.74, 6) is -0.259. The van der Waals surface area contributed by atoms with Crippen molar-refractivity contribution in [3.63, 3.8) is 0 Å². The predicted octanol–water partition coefficient (Wildman–Crippen LogP) is 1.66. The second-order valence-corrected chi connectivity index (χ2v) is 10.6. The highest BCUT2D eigenvalue weighted by Crippen LogP contribution is 2.30. The molecule has 2 atom stereocenters. The number of rotatable bonds is 5. The SMILES string of the molecule is CC(C)C(=O)NC1CCCN(C(=O)C2CCCN2S(=O)(=O)c2cccs2)C1.